The number of thioether (sulfide) groups is 1. The maximum Gasteiger partial charge on any atom is 0.273 e. The number of benzene rings is 2. The Morgan fingerprint density at radius 2 is 1.93 bits per heavy atom. The van der Waals surface area contributed by atoms with E-state index in [9.17, 15) is 14.9 Å². The molecule has 0 spiro atoms. The highest BCUT2D eigenvalue weighted by atomic mass is 32.2. The molecule has 2 aromatic carbocycles. The number of ether oxygens (including phenoxy) is 1. The minimum atomic E-state index is -0.529. The first-order chi connectivity index (χ1) is 14.3. The first-order valence-electron chi connectivity index (χ1n) is 8.92. The van der Waals surface area contributed by atoms with Crippen LogP contribution in [0.25, 0.3) is 5.69 Å². The summed E-state index contributed by atoms with van der Waals surface area (Å²) in [5.74, 6) is -0.0675. The molecule has 0 fully saturated rings. The van der Waals surface area contributed by atoms with Crippen molar-refractivity contribution in [2.45, 2.75) is 25.9 Å². The van der Waals surface area contributed by atoms with Gasteiger partial charge in [-0.25, -0.2) is 0 Å². The summed E-state index contributed by atoms with van der Waals surface area (Å²) in [6.07, 6.45) is 0. The highest BCUT2D eigenvalue weighted by Gasteiger charge is 2.17. The van der Waals surface area contributed by atoms with Gasteiger partial charge in [0.25, 0.3) is 5.69 Å². The normalized spacial score (nSPS) is 10.7. The number of nitrogens with zero attached hydrogens (tertiary/aromatic N) is 5. The maximum absolute atomic E-state index is 12.4. The second-order valence-electron chi connectivity index (χ2n) is 6.60. The van der Waals surface area contributed by atoms with E-state index in [1.165, 1.54) is 37.1 Å². The van der Waals surface area contributed by atoms with Crippen LogP contribution >= 0.6 is 11.8 Å². The number of nitrogens with one attached hydrogen (secondary N) is 1. The van der Waals surface area contributed by atoms with Crippen molar-refractivity contribution in [3.63, 3.8) is 0 Å². The summed E-state index contributed by atoms with van der Waals surface area (Å²) in [6.45, 7) is 5.99. The molecule has 156 valence electrons. The van der Waals surface area contributed by atoms with Gasteiger partial charge in [-0.2, -0.15) is 4.68 Å². The predicted octanol–water partition coefficient (Wildman–Crippen LogP) is 3.24. The van der Waals surface area contributed by atoms with Gasteiger partial charge in [-0.05, 0) is 48.4 Å². The zero-order valence-corrected chi connectivity index (χ0v) is 17.7. The monoisotopic (exact) mass is 428 g/mol. The number of carbonyl (C=O) groups is 1. The van der Waals surface area contributed by atoms with Gasteiger partial charge >= 0.3 is 0 Å². The number of carbonyl (C=O) groups excluding carboxylic acids is 1. The number of hydrogen-bond donors (Lipinski definition) is 1. The summed E-state index contributed by atoms with van der Waals surface area (Å²) in [5, 5.41) is 25.9. The third-order valence-electron chi connectivity index (χ3n) is 4.29. The Kier molecular flexibility index (Phi) is 6.31. The lowest BCUT2D eigenvalue weighted by Crippen LogP contribution is -2.15. The average Bonchev–Trinajstić information content (AvgIpc) is 3.13. The van der Waals surface area contributed by atoms with Crippen molar-refractivity contribution < 1.29 is 14.5 Å². The van der Waals surface area contributed by atoms with Gasteiger partial charge in [0.05, 0.1) is 35.2 Å². The molecule has 1 heterocycles. The van der Waals surface area contributed by atoms with Crippen molar-refractivity contribution in [2.24, 2.45) is 0 Å². The quantitative estimate of drug-likeness (QED) is 0.345. The van der Waals surface area contributed by atoms with Crippen LogP contribution < -0.4 is 10.1 Å². The molecule has 3 aromatic rings. The molecule has 0 aliphatic heterocycles. The topological polar surface area (TPSA) is 125 Å². The second-order valence-corrected chi connectivity index (χ2v) is 7.54. The number of nitro benzene ring substituents is 1. The molecule has 0 saturated heterocycles. The van der Waals surface area contributed by atoms with Crippen molar-refractivity contribution in [3.05, 3.63) is 57.1 Å². The zero-order chi connectivity index (χ0) is 21.8. The Bertz CT molecular complexity index is 1090. The van der Waals surface area contributed by atoms with Crippen molar-refractivity contribution >= 4 is 29.0 Å². The van der Waals surface area contributed by atoms with Gasteiger partial charge in [-0.3, -0.25) is 14.9 Å². The Morgan fingerprint density at radius 1 is 1.23 bits per heavy atom. The van der Waals surface area contributed by atoms with Crippen LogP contribution in [-0.4, -0.2) is 43.9 Å². The number of rotatable bonds is 7. The Labute approximate surface area is 176 Å². The molecule has 0 saturated carbocycles. The van der Waals surface area contributed by atoms with Gasteiger partial charge in [0.15, 0.2) is 0 Å². The van der Waals surface area contributed by atoms with Crippen LogP contribution in [0.1, 0.15) is 16.7 Å². The SMILES string of the molecule is COc1cc([N+](=O)[O-])ccc1NC(=O)CSc1nnnn1-c1c(C)cc(C)cc1C. The molecule has 0 aliphatic carbocycles. The van der Waals surface area contributed by atoms with Gasteiger partial charge < -0.3 is 10.1 Å². The molecule has 3 rings (SSSR count). The van der Waals surface area contributed by atoms with Crippen LogP contribution in [0.5, 0.6) is 5.75 Å². The van der Waals surface area contributed by atoms with Crippen LogP contribution in [0, 0.1) is 30.9 Å². The summed E-state index contributed by atoms with van der Waals surface area (Å²) in [6, 6.07) is 8.09. The molecule has 10 nitrogen and oxygen atoms in total. The lowest BCUT2D eigenvalue weighted by Gasteiger charge is -2.12. The van der Waals surface area contributed by atoms with E-state index in [1.54, 1.807) is 4.68 Å². The van der Waals surface area contributed by atoms with E-state index >= 15 is 0 Å². The van der Waals surface area contributed by atoms with Gasteiger partial charge in [0.1, 0.15) is 5.75 Å². The van der Waals surface area contributed by atoms with Crippen LogP contribution in [0.3, 0.4) is 0 Å². The van der Waals surface area contributed by atoms with Gasteiger partial charge in [0, 0.05) is 6.07 Å². The summed E-state index contributed by atoms with van der Waals surface area (Å²) in [7, 11) is 1.38. The maximum atomic E-state index is 12.4. The number of hydrogen-bond acceptors (Lipinski definition) is 8. The lowest BCUT2D eigenvalue weighted by atomic mass is 10.1. The van der Waals surface area contributed by atoms with Gasteiger partial charge in [0.2, 0.25) is 11.1 Å². The van der Waals surface area contributed by atoms with Gasteiger partial charge in [-0.15, -0.1) is 5.10 Å². The molecule has 30 heavy (non-hydrogen) atoms. The first kappa shape index (κ1) is 21.2. The summed E-state index contributed by atoms with van der Waals surface area (Å²) >= 11 is 1.18. The molecular formula is C19H20N6O4S. The van der Waals surface area contributed by atoms with Crippen LogP contribution in [0.15, 0.2) is 35.5 Å². The van der Waals surface area contributed by atoms with E-state index in [0.717, 1.165) is 22.4 Å². The zero-order valence-electron chi connectivity index (χ0n) is 16.9. The third-order valence-corrected chi connectivity index (χ3v) is 5.21. The largest absolute Gasteiger partial charge is 0.494 e. The van der Waals surface area contributed by atoms with Crippen molar-refractivity contribution in [1.82, 2.24) is 20.2 Å². The number of non-ortho nitro benzene ring substituents is 1. The molecule has 1 N–H and O–H groups in total. The molecule has 0 unspecified atom stereocenters. The second kappa shape index (κ2) is 8.91. The summed E-state index contributed by atoms with van der Waals surface area (Å²) in [4.78, 5) is 22.8. The highest BCUT2D eigenvalue weighted by Crippen LogP contribution is 2.29. The average molecular weight is 428 g/mol. The van der Waals surface area contributed by atoms with E-state index in [2.05, 4.69) is 20.8 Å². The number of tetrazole rings is 1. The number of aromatic nitrogens is 4. The minimum Gasteiger partial charge on any atom is -0.494 e. The summed E-state index contributed by atoms with van der Waals surface area (Å²) in [5.41, 5.74) is 4.31. The molecule has 0 bridgehead atoms. The van der Waals surface area contributed by atoms with Crippen molar-refractivity contribution in [1.29, 1.82) is 0 Å². The summed E-state index contributed by atoms with van der Waals surface area (Å²) < 4.78 is 6.76. The van der Waals surface area contributed by atoms with Gasteiger partial charge in [-0.1, -0.05) is 29.5 Å². The Balaban J connectivity index is 1.73. The fraction of sp³-hybridized carbons (Fsp3) is 0.263. The molecule has 0 atom stereocenters. The van der Waals surface area contributed by atoms with E-state index in [4.69, 9.17) is 4.74 Å². The molecular weight excluding hydrogens is 408 g/mol. The smallest absolute Gasteiger partial charge is 0.273 e. The van der Waals surface area contributed by atoms with E-state index in [1.807, 2.05) is 32.9 Å². The van der Waals surface area contributed by atoms with E-state index in [0.29, 0.717) is 10.8 Å². The third kappa shape index (κ3) is 4.57. The van der Waals surface area contributed by atoms with Crippen molar-refractivity contribution in [2.75, 3.05) is 18.2 Å². The molecule has 11 heteroatoms. The molecule has 1 aromatic heterocycles. The first-order valence-corrected chi connectivity index (χ1v) is 9.90. The lowest BCUT2D eigenvalue weighted by molar-refractivity contribution is -0.384. The van der Waals surface area contributed by atoms with E-state index < -0.39 is 4.92 Å². The predicted molar refractivity (Wildman–Crippen MR) is 112 cm³/mol. The fourth-order valence-electron chi connectivity index (χ4n) is 3.13. The number of amides is 1. The van der Waals surface area contributed by atoms with Crippen LogP contribution in [0.4, 0.5) is 11.4 Å². The Morgan fingerprint density at radius 3 is 2.57 bits per heavy atom. The fourth-order valence-corrected chi connectivity index (χ4v) is 3.81. The minimum absolute atomic E-state index is 0.0461. The standard InChI is InChI=1S/C19H20N6O4S/c1-11-7-12(2)18(13(3)8-11)24-19(21-22-23-24)30-10-17(26)20-15-6-5-14(25(27)28)9-16(15)29-4/h5-9H,10H2,1-4H3,(H,20,26). The number of nitro groups is 1. The van der Waals surface area contributed by atoms with Crippen LogP contribution in [-0.2, 0) is 4.79 Å². The van der Waals surface area contributed by atoms with Crippen LogP contribution in [0.2, 0.25) is 0 Å². The number of anilines is 1. The molecule has 1 amide bonds. The number of methoxy groups -OCH3 is 1. The number of aryl methyl sites for hydroxylation is 3. The Hall–Kier alpha value is -3.47. The van der Waals surface area contributed by atoms with E-state index in [-0.39, 0.29) is 23.1 Å². The highest BCUT2D eigenvalue weighted by molar-refractivity contribution is 7.99. The van der Waals surface area contributed by atoms with Crippen molar-refractivity contribution in [3.8, 4) is 11.4 Å². The molecule has 0 radical (unpaired) electrons. The molecule has 0 aliphatic rings.